The number of furan rings is 1. The molecule has 1 heterocycles. The van der Waals surface area contributed by atoms with Crippen LogP contribution in [0.15, 0.2) is 39.9 Å². The summed E-state index contributed by atoms with van der Waals surface area (Å²) in [6.45, 7) is 4.51. The second-order valence-electron chi connectivity index (χ2n) is 5.01. The Morgan fingerprint density at radius 3 is 2.52 bits per heavy atom. The predicted octanol–water partition coefficient (Wildman–Crippen LogP) is 3.57. The quantitative estimate of drug-likeness (QED) is 0.488. The number of hydrogen-bond acceptors (Lipinski definition) is 4. The van der Waals surface area contributed by atoms with Crippen LogP contribution in [-0.2, 0) is 9.59 Å². The number of benzene rings is 1. The van der Waals surface area contributed by atoms with E-state index >= 15 is 0 Å². The molecule has 132 valence electrons. The van der Waals surface area contributed by atoms with Crippen LogP contribution >= 0.6 is 23.2 Å². The van der Waals surface area contributed by atoms with Crippen LogP contribution in [0.4, 0.5) is 0 Å². The largest absolute Gasteiger partial charge is 0.455 e. The number of nitrogens with one attached hydrogen (secondary N) is 1. The Labute approximate surface area is 155 Å². The van der Waals surface area contributed by atoms with Gasteiger partial charge in [0.05, 0.1) is 16.3 Å². The molecule has 1 N–H and O–H groups in total. The fourth-order valence-electron chi connectivity index (χ4n) is 2.08. The molecule has 0 radical (unpaired) electrons. The zero-order chi connectivity index (χ0) is 18.4. The Hall–Kier alpha value is -2.31. The molecule has 0 saturated carbocycles. The molecule has 0 aliphatic heterocycles. The van der Waals surface area contributed by atoms with Crippen LogP contribution in [0, 0.1) is 0 Å². The molecule has 1 aromatic carbocycles. The summed E-state index contributed by atoms with van der Waals surface area (Å²) in [6, 6.07) is 8.56. The van der Waals surface area contributed by atoms with Crippen molar-refractivity contribution in [3.8, 4) is 11.3 Å². The summed E-state index contributed by atoms with van der Waals surface area (Å²) in [7, 11) is 0. The number of amides is 2. The number of nitrogens with zero attached hydrogens (tertiary/aromatic N) is 2. The summed E-state index contributed by atoms with van der Waals surface area (Å²) in [6.07, 6.45) is 1.31. The Morgan fingerprint density at radius 1 is 1.16 bits per heavy atom. The minimum atomic E-state index is -0.795. The molecule has 0 saturated heterocycles. The summed E-state index contributed by atoms with van der Waals surface area (Å²) in [5.41, 5.74) is 2.95. The van der Waals surface area contributed by atoms with Crippen molar-refractivity contribution in [1.29, 1.82) is 0 Å². The van der Waals surface area contributed by atoms with E-state index < -0.39 is 11.8 Å². The zero-order valence-corrected chi connectivity index (χ0v) is 15.3. The van der Waals surface area contributed by atoms with Gasteiger partial charge < -0.3 is 9.32 Å². The van der Waals surface area contributed by atoms with Crippen LogP contribution in [0.2, 0.25) is 10.0 Å². The summed E-state index contributed by atoms with van der Waals surface area (Å²) >= 11 is 11.9. The lowest BCUT2D eigenvalue weighted by Crippen LogP contribution is -2.41. The first kappa shape index (κ1) is 19.0. The SMILES string of the molecule is CCN(CC)C(=O)C(=O)N/N=C/c1ccc(-c2ccc(Cl)c(Cl)c2)o1. The van der Waals surface area contributed by atoms with E-state index in [1.807, 2.05) is 0 Å². The maximum absolute atomic E-state index is 11.8. The van der Waals surface area contributed by atoms with Crippen LogP contribution < -0.4 is 5.43 Å². The standard InChI is InChI=1S/C17H17Cl2N3O3/c1-3-22(4-2)17(24)16(23)21-20-10-12-6-8-15(25-12)11-5-7-13(18)14(19)9-11/h5-10H,3-4H2,1-2H3,(H,21,23)/b20-10+. The summed E-state index contributed by atoms with van der Waals surface area (Å²) < 4.78 is 5.60. The summed E-state index contributed by atoms with van der Waals surface area (Å²) in [4.78, 5) is 24.9. The molecule has 0 aliphatic carbocycles. The lowest BCUT2D eigenvalue weighted by atomic mass is 10.2. The van der Waals surface area contributed by atoms with Gasteiger partial charge in [-0.1, -0.05) is 23.2 Å². The molecule has 2 amide bonds. The molecule has 8 heteroatoms. The summed E-state index contributed by atoms with van der Waals surface area (Å²) in [5.74, 6) is -0.434. The predicted molar refractivity (Wildman–Crippen MR) is 97.8 cm³/mol. The van der Waals surface area contributed by atoms with Crippen molar-refractivity contribution < 1.29 is 14.0 Å². The third-order valence-electron chi connectivity index (χ3n) is 3.43. The normalized spacial score (nSPS) is 10.9. The van der Waals surface area contributed by atoms with Crippen LogP contribution in [0.5, 0.6) is 0 Å². The highest BCUT2D eigenvalue weighted by Crippen LogP contribution is 2.29. The van der Waals surface area contributed by atoms with Crippen LogP contribution in [0.25, 0.3) is 11.3 Å². The van der Waals surface area contributed by atoms with E-state index in [0.717, 1.165) is 5.56 Å². The molecule has 0 fully saturated rings. The Bertz CT molecular complexity index is 798. The Kier molecular flexibility index (Phi) is 6.61. The van der Waals surface area contributed by atoms with Gasteiger partial charge in [-0.3, -0.25) is 9.59 Å². The molecule has 1 aromatic heterocycles. The first-order chi connectivity index (χ1) is 12.0. The first-order valence-corrected chi connectivity index (χ1v) is 8.39. The Morgan fingerprint density at radius 2 is 1.88 bits per heavy atom. The van der Waals surface area contributed by atoms with E-state index in [2.05, 4.69) is 10.5 Å². The van der Waals surface area contributed by atoms with Gasteiger partial charge in [0, 0.05) is 18.7 Å². The van der Waals surface area contributed by atoms with E-state index in [1.165, 1.54) is 11.1 Å². The van der Waals surface area contributed by atoms with Crippen LogP contribution in [0.3, 0.4) is 0 Å². The number of halogens is 2. The van der Waals surface area contributed by atoms with Crippen LogP contribution in [0.1, 0.15) is 19.6 Å². The zero-order valence-electron chi connectivity index (χ0n) is 13.8. The van der Waals surface area contributed by atoms with Crippen molar-refractivity contribution in [3.05, 3.63) is 46.1 Å². The average Bonchev–Trinajstić information content (AvgIpc) is 3.07. The number of likely N-dealkylation sites (N-methyl/N-ethyl adjacent to an activating group) is 1. The second kappa shape index (κ2) is 8.69. The van der Waals surface area contributed by atoms with Crippen molar-refractivity contribution in [1.82, 2.24) is 10.3 Å². The topological polar surface area (TPSA) is 74.9 Å². The number of hydrogen-bond donors (Lipinski definition) is 1. The summed E-state index contributed by atoms with van der Waals surface area (Å²) in [5, 5.41) is 4.62. The van der Waals surface area contributed by atoms with E-state index in [4.69, 9.17) is 27.6 Å². The van der Waals surface area contributed by atoms with E-state index in [1.54, 1.807) is 44.2 Å². The molecule has 0 spiro atoms. The number of rotatable bonds is 5. The van der Waals surface area contributed by atoms with Crippen molar-refractivity contribution >= 4 is 41.2 Å². The van der Waals surface area contributed by atoms with Crippen molar-refractivity contribution in [3.63, 3.8) is 0 Å². The highest BCUT2D eigenvalue weighted by molar-refractivity contribution is 6.42. The number of carbonyl (C=O) groups is 2. The minimum absolute atomic E-state index is 0.414. The third-order valence-corrected chi connectivity index (χ3v) is 4.17. The van der Waals surface area contributed by atoms with E-state index in [9.17, 15) is 9.59 Å². The molecule has 0 atom stereocenters. The molecule has 2 aromatic rings. The van der Waals surface area contributed by atoms with Gasteiger partial charge in [-0.15, -0.1) is 0 Å². The molecular formula is C17H17Cl2N3O3. The van der Waals surface area contributed by atoms with E-state index in [-0.39, 0.29) is 0 Å². The molecule has 0 aliphatic rings. The monoisotopic (exact) mass is 381 g/mol. The molecule has 6 nitrogen and oxygen atoms in total. The van der Waals surface area contributed by atoms with Gasteiger partial charge in [0.25, 0.3) is 0 Å². The van der Waals surface area contributed by atoms with E-state index in [0.29, 0.717) is 34.7 Å². The average molecular weight is 382 g/mol. The highest BCUT2D eigenvalue weighted by Gasteiger charge is 2.18. The third kappa shape index (κ3) is 4.84. The first-order valence-electron chi connectivity index (χ1n) is 7.63. The lowest BCUT2D eigenvalue weighted by Gasteiger charge is -2.16. The Balaban J connectivity index is 2.01. The van der Waals surface area contributed by atoms with Gasteiger partial charge in [-0.05, 0) is 44.2 Å². The van der Waals surface area contributed by atoms with Crippen molar-refractivity contribution in [2.45, 2.75) is 13.8 Å². The number of hydrazone groups is 1. The van der Waals surface area contributed by atoms with Crippen molar-refractivity contribution in [2.75, 3.05) is 13.1 Å². The van der Waals surface area contributed by atoms with Crippen molar-refractivity contribution in [2.24, 2.45) is 5.10 Å². The van der Waals surface area contributed by atoms with Gasteiger partial charge >= 0.3 is 11.8 Å². The maximum Gasteiger partial charge on any atom is 0.329 e. The van der Waals surface area contributed by atoms with Gasteiger partial charge in [-0.25, -0.2) is 5.43 Å². The highest BCUT2D eigenvalue weighted by atomic mass is 35.5. The molecular weight excluding hydrogens is 365 g/mol. The fourth-order valence-corrected chi connectivity index (χ4v) is 2.38. The fraction of sp³-hybridized carbons (Fsp3) is 0.235. The maximum atomic E-state index is 11.8. The molecule has 0 unspecified atom stereocenters. The van der Waals surface area contributed by atoms with Gasteiger partial charge in [0.15, 0.2) is 0 Å². The minimum Gasteiger partial charge on any atom is -0.455 e. The van der Waals surface area contributed by atoms with Gasteiger partial charge in [0.2, 0.25) is 0 Å². The van der Waals surface area contributed by atoms with Gasteiger partial charge in [0.1, 0.15) is 11.5 Å². The molecule has 0 bridgehead atoms. The molecule has 25 heavy (non-hydrogen) atoms. The lowest BCUT2D eigenvalue weighted by molar-refractivity contribution is -0.145. The molecule has 2 rings (SSSR count). The smallest absolute Gasteiger partial charge is 0.329 e. The second-order valence-corrected chi connectivity index (χ2v) is 5.82. The van der Waals surface area contributed by atoms with Crippen LogP contribution in [-0.4, -0.2) is 36.0 Å². The van der Waals surface area contributed by atoms with Gasteiger partial charge in [-0.2, -0.15) is 5.10 Å². The number of carbonyl (C=O) groups excluding carboxylic acids is 2.